The molecule has 0 radical (unpaired) electrons. The van der Waals surface area contributed by atoms with Gasteiger partial charge in [0.2, 0.25) is 0 Å². The first-order chi connectivity index (χ1) is 9.81. The first-order valence-electron chi connectivity index (χ1n) is 6.94. The molecule has 1 aromatic carbocycles. The number of amides is 2. The van der Waals surface area contributed by atoms with E-state index in [0.717, 1.165) is 19.3 Å². The van der Waals surface area contributed by atoms with E-state index in [1.165, 1.54) is 18.2 Å². The monoisotopic (exact) mass is 292 g/mol. The van der Waals surface area contributed by atoms with Crippen LogP contribution in [0.1, 0.15) is 43.5 Å². The Kier molecular flexibility index (Phi) is 4.06. The molecule has 6 heteroatoms. The maximum absolute atomic E-state index is 12.0. The number of rotatable bonds is 3. The third kappa shape index (κ3) is 3.26. The van der Waals surface area contributed by atoms with Gasteiger partial charge in [-0.15, -0.1) is 0 Å². The molecule has 0 heterocycles. The van der Waals surface area contributed by atoms with Crippen LogP contribution < -0.4 is 10.6 Å². The maximum atomic E-state index is 12.0. The van der Waals surface area contributed by atoms with Gasteiger partial charge < -0.3 is 20.8 Å². The highest BCUT2D eigenvalue weighted by Gasteiger charge is 2.35. The van der Waals surface area contributed by atoms with Crippen molar-refractivity contribution in [2.45, 2.75) is 39.2 Å². The highest BCUT2D eigenvalue weighted by atomic mass is 16.4. The molecule has 0 spiro atoms. The van der Waals surface area contributed by atoms with E-state index in [1.54, 1.807) is 0 Å². The third-order valence-electron chi connectivity index (χ3n) is 4.08. The lowest BCUT2D eigenvalue weighted by molar-refractivity contribution is 0.0693. The summed E-state index contributed by atoms with van der Waals surface area (Å²) in [5.41, 5.74) is -0.111. The summed E-state index contributed by atoms with van der Waals surface area (Å²) >= 11 is 0. The van der Waals surface area contributed by atoms with E-state index < -0.39 is 17.7 Å². The van der Waals surface area contributed by atoms with Crippen LogP contribution >= 0.6 is 0 Å². The molecule has 1 atom stereocenters. The van der Waals surface area contributed by atoms with Gasteiger partial charge in [-0.2, -0.15) is 0 Å². The number of aromatic hydroxyl groups is 1. The summed E-state index contributed by atoms with van der Waals surface area (Å²) in [5, 5.41) is 24.2. The molecule has 0 bridgehead atoms. The van der Waals surface area contributed by atoms with Crippen molar-refractivity contribution in [2.75, 3.05) is 5.32 Å². The molecule has 0 aliphatic heterocycles. The number of nitrogens with one attached hydrogen (secondary N) is 2. The van der Waals surface area contributed by atoms with Crippen LogP contribution in [0.5, 0.6) is 5.75 Å². The van der Waals surface area contributed by atoms with Crippen LogP contribution in [0, 0.1) is 5.41 Å². The second-order valence-electron chi connectivity index (χ2n) is 6.04. The van der Waals surface area contributed by atoms with E-state index in [9.17, 15) is 14.7 Å². The normalized spacial score (nSPS) is 20.0. The Morgan fingerprint density at radius 3 is 2.62 bits per heavy atom. The third-order valence-corrected chi connectivity index (χ3v) is 4.08. The first kappa shape index (κ1) is 15.2. The molecule has 0 saturated heterocycles. The minimum absolute atomic E-state index is 0.0439. The topological polar surface area (TPSA) is 98.7 Å². The van der Waals surface area contributed by atoms with Gasteiger partial charge in [0.1, 0.15) is 5.56 Å². The van der Waals surface area contributed by atoms with Crippen LogP contribution in [0.2, 0.25) is 0 Å². The van der Waals surface area contributed by atoms with Crippen LogP contribution in [-0.2, 0) is 0 Å². The van der Waals surface area contributed by atoms with Crippen LogP contribution in [0.25, 0.3) is 0 Å². The lowest BCUT2D eigenvalue weighted by Gasteiger charge is -2.27. The molecule has 1 unspecified atom stereocenters. The fourth-order valence-corrected chi connectivity index (χ4v) is 2.73. The summed E-state index contributed by atoms with van der Waals surface area (Å²) in [6.07, 6.45) is 3.04. The summed E-state index contributed by atoms with van der Waals surface area (Å²) in [7, 11) is 0. The van der Waals surface area contributed by atoms with Gasteiger partial charge in [-0.1, -0.05) is 26.3 Å². The van der Waals surface area contributed by atoms with Crippen molar-refractivity contribution in [3.8, 4) is 5.75 Å². The molecule has 2 rings (SSSR count). The summed E-state index contributed by atoms with van der Waals surface area (Å²) in [5.74, 6) is -1.68. The Morgan fingerprint density at radius 1 is 1.33 bits per heavy atom. The minimum atomic E-state index is -1.24. The molecule has 114 valence electrons. The largest absolute Gasteiger partial charge is 0.505 e. The second-order valence-corrected chi connectivity index (χ2v) is 6.04. The summed E-state index contributed by atoms with van der Waals surface area (Å²) < 4.78 is 0. The number of carboxylic acid groups (broad SMARTS) is 1. The van der Waals surface area contributed by atoms with Crippen molar-refractivity contribution in [3.63, 3.8) is 0 Å². The number of urea groups is 1. The van der Waals surface area contributed by atoms with E-state index in [0.29, 0.717) is 0 Å². The number of hydrogen-bond donors (Lipinski definition) is 4. The van der Waals surface area contributed by atoms with Gasteiger partial charge in [0.15, 0.2) is 5.75 Å². The zero-order valence-corrected chi connectivity index (χ0v) is 12.1. The average molecular weight is 292 g/mol. The standard InChI is InChI=1S/C15H20N2O4/c1-15(2)8-4-7-11(15)17-14(21)16-10-6-3-5-9(12(10)18)13(19)20/h3,5-6,11,18H,4,7-8H2,1-2H3,(H,19,20)(H2,16,17,21). The van der Waals surface area contributed by atoms with Gasteiger partial charge in [0, 0.05) is 6.04 Å². The number of carbonyl (C=O) groups excluding carboxylic acids is 1. The number of phenols is 1. The number of aromatic carboxylic acids is 1. The van der Waals surface area contributed by atoms with Crippen LogP contribution in [0.4, 0.5) is 10.5 Å². The summed E-state index contributed by atoms with van der Waals surface area (Å²) in [6.45, 7) is 4.21. The fourth-order valence-electron chi connectivity index (χ4n) is 2.73. The summed E-state index contributed by atoms with van der Waals surface area (Å²) in [6, 6.07) is 3.84. The highest BCUT2D eigenvalue weighted by molar-refractivity contribution is 5.97. The zero-order valence-electron chi connectivity index (χ0n) is 12.1. The Balaban J connectivity index is 2.07. The van der Waals surface area contributed by atoms with Crippen molar-refractivity contribution < 1.29 is 19.8 Å². The van der Waals surface area contributed by atoms with Gasteiger partial charge in [-0.25, -0.2) is 9.59 Å². The van der Waals surface area contributed by atoms with Crippen LogP contribution in [-0.4, -0.2) is 28.3 Å². The molecule has 1 aliphatic carbocycles. The van der Waals surface area contributed by atoms with Crippen molar-refractivity contribution in [3.05, 3.63) is 23.8 Å². The predicted octanol–water partition coefficient (Wildman–Crippen LogP) is 2.79. The number of carbonyl (C=O) groups is 2. The second kappa shape index (κ2) is 5.63. The molecule has 6 nitrogen and oxygen atoms in total. The Morgan fingerprint density at radius 2 is 2.05 bits per heavy atom. The minimum Gasteiger partial charge on any atom is -0.505 e. The molecule has 1 saturated carbocycles. The van der Waals surface area contributed by atoms with Crippen molar-refractivity contribution in [1.82, 2.24) is 5.32 Å². The fraction of sp³-hybridized carbons (Fsp3) is 0.467. The number of hydrogen-bond acceptors (Lipinski definition) is 3. The van der Waals surface area contributed by atoms with E-state index >= 15 is 0 Å². The van der Waals surface area contributed by atoms with E-state index in [1.807, 2.05) is 0 Å². The maximum Gasteiger partial charge on any atom is 0.339 e. The molecule has 1 aromatic rings. The molecular weight excluding hydrogens is 272 g/mol. The van der Waals surface area contributed by atoms with E-state index in [2.05, 4.69) is 24.5 Å². The Labute approximate surface area is 123 Å². The first-order valence-corrected chi connectivity index (χ1v) is 6.94. The van der Waals surface area contributed by atoms with Crippen molar-refractivity contribution >= 4 is 17.7 Å². The zero-order chi connectivity index (χ0) is 15.6. The molecular formula is C15H20N2O4. The molecule has 1 fully saturated rings. The Bertz CT molecular complexity index is 569. The predicted molar refractivity (Wildman–Crippen MR) is 78.6 cm³/mol. The summed E-state index contributed by atoms with van der Waals surface area (Å²) in [4.78, 5) is 22.9. The lowest BCUT2D eigenvalue weighted by atomic mass is 9.87. The molecule has 0 aromatic heterocycles. The van der Waals surface area contributed by atoms with Gasteiger partial charge >= 0.3 is 12.0 Å². The van der Waals surface area contributed by atoms with Gasteiger partial charge in [-0.3, -0.25) is 0 Å². The van der Waals surface area contributed by atoms with E-state index in [4.69, 9.17) is 5.11 Å². The molecule has 4 N–H and O–H groups in total. The highest BCUT2D eigenvalue weighted by Crippen LogP contribution is 2.37. The molecule has 1 aliphatic rings. The van der Waals surface area contributed by atoms with Gasteiger partial charge in [0.25, 0.3) is 0 Å². The SMILES string of the molecule is CC1(C)CCCC1NC(=O)Nc1cccc(C(=O)O)c1O. The number of para-hydroxylation sites is 1. The van der Waals surface area contributed by atoms with Gasteiger partial charge in [-0.05, 0) is 30.4 Å². The van der Waals surface area contributed by atoms with Crippen LogP contribution in [0.3, 0.4) is 0 Å². The van der Waals surface area contributed by atoms with E-state index in [-0.39, 0.29) is 22.7 Å². The van der Waals surface area contributed by atoms with Gasteiger partial charge in [0.05, 0.1) is 5.69 Å². The molecule has 21 heavy (non-hydrogen) atoms. The average Bonchev–Trinajstić information content (AvgIpc) is 2.71. The Hall–Kier alpha value is -2.24. The lowest BCUT2D eigenvalue weighted by Crippen LogP contribution is -2.43. The number of benzene rings is 1. The smallest absolute Gasteiger partial charge is 0.339 e. The number of anilines is 1. The quantitative estimate of drug-likeness (QED) is 0.644. The van der Waals surface area contributed by atoms with Crippen LogP contribution in [0.15, 0.2) is 18.2 Å². The number of carboxylic acids is 1. The van der Waals surface area contributed by atoms with Crippen molar-refractivity contribution in [2.24, 2.45) is 5.41 Å². The van der Waals surface area contributed by atoms with Crippen molar-refractivity contribution in [1.29, 1.82) is 0 Å². The molecule has 2 amide bonds.